The van der Waals surface area contributed by atoms with Gasteiger partial charge in [0.1, 0.15) is 22.9 Å². The van der Waals surface area contributed by atoms with E-state index >= 15 is 0 Å². The SMILES string of the molecule is Cn1nc(-c2ccnc(-n3ncc4cc(C(C)(C)C)ccc4c3=O)c2CO)cc(Nc2ccc(OC(C)(C)CN3CC(F)(F)C3)cn2)c1=O. The molecule has 1 aliphatic heterocycles. The number of likely N-dealkylation sites (tertiary alicyclic amines) is 1. The number of aliphatic hydroxyl groups excluding tert-OH is 1. The minimum Gasteiger partial charge on any atom is -0.485 e. The predicted octanol–water partition coefficient (Wildman–Crippen LogP) is 4.58. The number of nitrogens with one attached hydrogen (secondary N) is 1. The molecular weight excluding hydrogens is 634 g/mol. The molecule has 0 radical (unpaired) electrons. The van der Waals surface area contributed by atoms with E-state index in [4.69, 9.17) is 4.74 Å². The summed E-state index contributed by atoms with van der Waals surface area (Å²) < 4.78 is 34.8. The van der Waals surface area contributed by atoms with E-state index in [9.17, 15) is 23.5 Å². The molecule has 256 valence electrons. The van der Waals surface area contributed by atoms with Gasteiger partial charge in [0.15, 0.2) is 5.82 Å². The fourth-order valence-electron chi connectivity index (χ4n) is 5.92. The molecule has 0 saturated carbocycles. The number of alkyl halides is 2. The van der Waals surface area contributed by atoms with Crippen molar-refractivity contribution in [2.45, 2.75) is 58.2 Å². The second-order valence-corrected chi connectivity index (χ2v) is 14.0. The van der Waals surface area contributed by atoms with Crippen LogP contribution < -0.4 is 21.2 Å². The monoisotopic (exact) mass is 672 g/mol. The Balaban J connectivity index is 1.27. The molecule has 0 bridgehead atoms. The van der Waals surface area contributed by atoms with Crippen molar-refractivity contribution in [3.8, 4) is 22.8 Å². The second kappa shape index (κ2) is 12.4. The van der Waals surface area contributed by atoms with Crippen molar-refractivity contribution in [2.75, 3.05) is 25.0 Å². The molecule has 12 nitrogen and oxygen atoms in total. The lowest BCUT2D eigenvalue weighted by molar-refractivity contribution is -0.144. The Bertz CT molecular complexity index is 2150. The van der Waals surface area contributed by atoms with Gasteiger partial charge in [0.05, 0.1) is 43.2 Å². The van der Waals surface area contributed by atoms with Crippen molar-refractivity contribution in [3.63, 3.8) is 0 Å². The van der Waals surface area contributed by atoms with Gasteiger partial charge in [-0.15, -0.1) is 0 Å². The molecule has 0 aliphatic carbocycles. The standard InChI is InChI=1S/C35H38F2N8O4/c1-33(2,3)22-7-9-24-21(13-22)15-40-45(31(24)47)30-26(17-46)25(11-12-38-30)27-14-28(32(48)43(6)42-27)41-29-10-8-23(16-39-29)49-34(4,5)18-44-19-35(36,37)20-44/h7-16,46H,17-20H2,1-6H3,(H,39,41). The van der Waals surface area contributed by atoms with Crippen molar-refractivity contribution in [1.29, 1.82) is 0 Å². The molecule has 0 unspecified atom stereocenters. The van der Waals surface area contributed by atoms with E-state index < -0.39 is 29.2 Å². The van der Waals surface area contributed by atoms with Crippen LogP contribution in [0.25, 0.3) is 27.8 Å². The Labute approximate surface area is 281 Å². The molecule has 1 fully saturated rings. The number of halogens is 2. The van der Waals surface area contributed by atoms with E-state index in [-0.39, 0.29) is 30.0 Å². The van der Waals surface area contributed by atoms with E-state index in [0.29, 0.717) is 45.7 Å². The molecule has 6 rings (SSSR count). The highest BCUT2D eigenvalue weighted by molar-refractivity contribution is 5.82. The molecule has 1 aliphatic rings. The van der Waals surface area contributed by atoms with Crippen LogP contribution in [0, 0.1) is 0 Å². The number of ether oxygens (including phenoxy) is 1. The largest absolute Gasteiger partial charge is 0.485 e. The molecule has 14 heteroatoms. The van der Waals surface area contributed by atoms with Crippen LogP contribution in [-0.4, -0.2) is 70.7 Å². The highest BCUT2D eigenvalue weighted by Crippen LogP contribution is 2.31. The van der Waals surface area contributed by atoms with Crippen LogP contribution in [0.5, 0.6) is 5.75 Å². The van der Waals surface area contributed by atoms with Gasteiger partial charge in [-0.05, 0) is 61.2 Å². The number of rotatable bonds is 9. The van der Waals surface area contributed by atoms with Crippen LogP contribution in [0.2, 0.25) is 0 Å². The molecule has 5 aromatic rings. The van der Waals surface area contributed by atoms with Crippen LogP contribution in [0.3, 0.4) is 0 Å². The summed E-state index contributed by atoms with van der Waals surface area (Å²) in [6, 6.07) is 12.1. The summed E-state index contributed by atoms with van der Waals surface area (Å²) in [6.45, 7) is 9.18. The van der Waals surface area contributed by atoms with E-state index in [2.05, 4.69) is 46.3 Å². The summed E-state index contributed by atoms with van der Waals surface area (Å²) in [5.41, 5.74) is 0.635. The third-order valence-corrected chi connectivity index (χ3v) is 8.29. The maximum atomic E-state index is 13.6. The van der Waals surface area contributed by atoms with Crippen molar-refractivity contribution in [2.24, 2.45) is 7.05 Å². The van der Waals surface area contributed by atoms with Gasteiger partial charge < -0.3 is 15.2 Å². The zero-order chi connectivity index (χ0) is 35.3. The first-order valence-corrected chi connectivity index (χ1v) is 15.8. The molecule has 2 N–H and O–H groups in total. The zero-order valence-electron chi connectivity index (χ0n) is 28.2. The quantitative estimate of drug-likeness (QED) is 0.229. The number of fused-ring (bicyclic) bond motifs is 1. The normalized spacial score (nSPS) is 14.9. The Hall–Kier alpha value is -5.08. The number of benzene rings is 1. The molecule has 1 saturated heterocycles. The van der Waals surface area contributed by atoms with Gasteiger partial charge >= 0.3 is 0 Å². The molecular formula is C35H38F2N8O4. The van der Waals surface area contributed by atoms with Crippen molar-refractivity contribution in [3.05, 3.63) is 92.9 Å². The fourth-order valence-corrected chi connectivity index (χ4v) is 5.92. The van der Waals surface area contributed by atoms with Crippen molar-refractivity contribution < 1.29 is 18.6 Å². The number of aliphatic hydroxyl groups is 1. The Morgan fingerprint density at radius 2 is 1.73 bits per heavy atom. The predicted molar refractivity (Wildman–Crippen MR) is 182 cm³/mol. The van der Waals surface area contributed by atoms with E-state index in [1.165, 1.54) is 25.5 Å². The highest BCUT2D eigenvalue weighted by Gasteiger charge is 2.45. The van der Waals surface area contributed by atoms with Gasteiger partial charge in [0, 0.05) is 36.3 Å². The van der Waals surface area contributed by atoms with E-state index in [1.54, 1.807) is 35.4 Å². The Morgan fingerprint density at radius 3 is 2.39 bits per heavy atom. The maximum Gasteiger partial charge on any atom is 0.290 e. The number of nitrogens with zero attached hydrogens (tertiary/aromatic N) is 7. The van der Waals surface area contributed by atoms with Crippen LogP contribution in [0.15, 0.2) is 70.6 Å². The van der Waals surface area contributed by atoms with Crippen LogP contribution in [-0.2, 0) is 19.1 Å². The smallest absolute Gasteiger partial charge is 0.290 e. The number of hydrogen-bond acceptors (Lipinski definition) is 10. The summed E-state index contributed by atoms with van der Waals surface area (Å²) in [5, 5.41) is 23.5. The Morgan fingerprint density at radius 1 is 0.980 bits per heavy atom. The van der Waals surface area contributed by atoms with Gasteiger partial charge in [-0.25, -0.2) is 23.4 Å². The number of pyridine rings is 2. The number of hydrogen-bond donors (Lipinski definition) is 2. The molecule has 0 amide bonds. The average molecular weight is 673 g/mol. The number of aromatic nitrogens is 6. The number of aryl methyl sites for hydroxylation is 1. The van der Waals surface area contributed by atoms with E-state index in [1.807, 2.05) is 26.0 Å². The first-order chi connectivity index (χ1) is 23.0. The number of anilines is 2. The minimum atomic E-state index is -2.65. The molecule has 0 spiro atoms. The van der Waals surface area contributed by atoms with Gasteiger partial charge in [-0.3, -0.25) is 14.5 Å². The lowest BCUT2D eigenvalue weighted by atomic mass is 9.86. The Kier molecular flexibility index (Phi) is 8.57. The third-order valence-electron chi connectivity index (χ3n) is 8.29. The second-order valence-electron chi connectivity index (χ2n) is 14.0. The molecule has 0 atom stereocenters. The summed E-state index contributed by atoms with van der Waals surface area (Å²) in [7, 11) is 1.50. The summed E-state index contributed by atoms with van der Waals surface area (Å²) >= 11 is 0. The van der Waals surface area contributed by atoms with Crippen molar-refractivity contribution in [1.82, 2.24) is 34.4 Å². The topological polar surface area (TPSA) is 140 Å². The fraction of sp³-hybridized carbons (Fsp3) is 0.371. The van der Waals surface area contributed by atoms with Crippen LogP contribution >= 0.6 is 0 Å². The van der Waals surface area contributed by atoms with E-state index in [0.717, 1.165) is 14.9 Å². The maximum absolute atomic E-state index is 13.6. The summed E-state index contributed by atoms with van der Waals surface area (Å²) in [4.78, 5) is 37.1. The molecule has 1 aromatic carbocycles. The third kappa shape index (κ3) is 7.06. The van der Waals surface area contributed by atoms with Gasteiger partial charge in [-0.2, -0.15) is 14.9 Å². The molecule has 49 heavy (non-hydrogen) atoms. The zero-order valence-corrected chi connectivity index (χ0v) is 28.2. The average Bonchev–Trinajstić information content (AvgIpc) is 3.02. The molecule has 5 heterocycles. The van der Waals surface area contributed by atoms with Crippen molar-refractivity contribution >= 4 is 22.3 Å². The minimum absolute atomic E-state index is 0.107. The van der Waals surface area contributed by atoms with Gasteiger partial charge in [0.25, 0.3) is 17.0 Å². The molecule has 4 aromatic heterocycles. The first kappa shape index (κ1) is 33.8. The first-order valence-electron chi connectivity index (χ1n) is 15.8. The van der Waals surface area contributed by atoms with Gasteiger partial charge in [0.2, 0.25) is 0 Å². The van der Waals surface area contributed by atoms with Crippen LogP contribution in [0.4, 0.5) is 20.3 Å². The summed E-state index contributed by atoms with van der Waals surface area (Å²) in [6.07, 6.45) is 4.57. The summed E-state index contributed by atoms with van der Waals surface area (Å²) in [5.74, 6) is -1.73. The lowest BCUT2D eigenvalue weighted by Crippen LogP contribution is -2.60. The van der Waals surface area contributed by atoms with Gasteiger partial charge in [-0.1, -0.05) is 26.8 Å². The van der Waals surface area contributed by atoms with Crippen LogP contribution in [0.1, 0.15) is 45.7 Å². The highest BCUT2D eigenvalue weighted by atomic mass is 19.3. The lowest BCUT2D eigenvalue weighted by Gasteiger charge is -2.42.